The van der Waals surface area contributed by atoms with E-state index in [-0.39, 0.29) is 60.9 Å². The molecule has 75 heavy (non-hydrogen) atoms. The van der Waals surface area contributed by atoms with Crippen LogP contribution in [0.1, 0.15) is 0 Å². The van der Waals surface area contributed by atoms with Crippen LogP contribution >= 0.6 is 12.0 Å². The first-order valence-electron chi connectivity index (χ1n) is 20.7. The molecule has 1 amide bonds. The molecule has 0 saturated carbocycles. The number of azo groups is 3. The minimum atomic E-state index is -4.80. The van der Waals surface area contributed by atoms with E-state index in [4.69, 9.17) is 14.3 Å². The highest BCUT2D eigenvalue weighted by molar-refractivity contribution is 7.94. The van der Waals surface area contributed by atoms with E-state index < -0.39 is 74.4 Å². The number of carbonyl (C=O) groups is 2. The monoisotopic (exact) mass is 1100 g/mol. The number of hydrogen-bond donors (Lipinski definition) is 7. The van der Waals surface area contributed by atoms with Gasteiger partial charge in [0.2, 0.25) is 6.04 Å². The van der Waals surface area contributed by atoms with Gasteiger partial charge >= 0.3 is 5.97 Å². The molecule has 1 aliphatic rings. The minimum absolute atomic E-state index is 0.00202. The number of methoxy groups -OCH3 is 1. The lowest BCUT2D eigenvalue weighted by atomic mass is 10.1. The zero-order chi connectivity index (χ0) is 53.6. The first-order valence-corrected chi connectivity index (χ1v) is 25.8. The van der Waals surface area contributed by atoms with Crippen molar-refractivity contribution in [1.29, 1.82) is 0 Å². The van der Waals surface area contributed by atoms with Gasteiger partial charge in [-0.2, -0.15) is 45.6 Å². The Bertz CT molecular complexity index is 4160. The Kier molecular flexibility index (Phi) is 13.8. The summed E-state index contributed by atoms with van der Waals surface area (Å²) in [5.74, 6) is -2.47. The number of aromatic nitrogens is 2. The molecule has 1 aromatic heterocycles. The number of carboxylic acid groups (broad SMARTS) is 1. The summed E-state index contributed by atoms with van der Waals surface area (Å²) in [6.07, 6.45) is 0. The van der Waals surface area contributed by atoms with E-state index in [0.29, 0.717) is 39.9 Å². The van der Waals surface area contributed by atoms with Crippen LogP contribution in [0.2, 0.25) is 0 Å². The minimum Gasteiger partial charge on any atom is -0.505 e. The van der Waals surface area contributed by atoms with Gasteiger partial charge < -0.3 is 19.9 Å². The van der Waals surface area contributed by atoms with E-state index in [1.807, 2.05) is 0 Å². The molecule has 1 atom stereocenters. The van der Waals surface area contributed by atoms with Crippen molar-refractivity contribution in [2.24, 2.45) is 35.8 Å². The van der Waals surface area contributed by atoms with Gasteiger partial charge in [-0.05, 0) is 103 Å². The van der Waals surface area contributed by atoms with Crippen molar-refractivity contribution in [1.82, 2.24) is 9.97 Å². The number of imidazole rings is 1. The highest BCUT2D eigenvalue weighted by atomic mass is 32.2. The zero-order valence-corrected chi connectivity index (χ0v) is 40.6. The molecule has 0 fully saturated rings. The van der Waals surface area contributed by atoms with E-state index >= 15 is 0 Å². The maximum absolute atomic E-state index is 13.2. The van der Waals surface area contributed by atoms with Gasteiger partial charge in [-0.25, -0.2) is 15.0 Å². The second-order valence-electron chi connectivity index (χ2n) is 15.5. The summed E-state index contributed by atoms with van der Waals surface area (Å²) in [6, 6.07) is 23.3. The number of benzene rings is 7. The second kappa shape index (κ2) is 20.1. The number of aromatic amines is 1. The van der Waals surface area contributed by atoms with Crippen LogP contribution in [0.15, 0.2) is 171 Å². The highest BCUT2D eigenvalue weighted by Crippen LogP contribution is 2.47. The van der Waals surface area contributed by atoms with Crippen molar-refractivity contribution < 1.29 is 78.1 Å². The van der Waals surface area contributed by atoms with Crippen LogP contribution in [0.25, 0.3) is 44.0 Å². The van der Waals surface area contributed by atoms with Gasteiger partial charge in [-0.3, -0.25) is 18.5 Å². The SMILES string of the molecule is COc1ccc(/N=N/c2ccc(/N=N/c3c(SOOO)cc4c(ccc5nc(-c6ccc(/N=N/C7C(=O)N(c8ccc(S(=O)(=O)O)cc8)N=C7C(=O)O)cc6)[nH]c54)c3O)c3cc(S(=O)(=O)O)ccc23)c(S(=O)(=O)O)c1. The molecule has 7 aromatic carbocycles. The van der Waals surface area contributed by atoms with E-state index in [2.05, 4.69) is 50.8 Å². The molecule has 382 valence electrons. The summed E-state index contributed by atoms with van der Waals surface area (Å²) < 4.78 is 110. The van der Waals surface area contributed by atoms with Crippen LogP contribution in [0.5, 0.6) is 11.5 Å². The summed E-state index contributed by atoms with van der Waals surface area (Å²) in [4.78, 5) is 31.5. The number of nitrogens with one attached hydrogen (secondary N) is 1. The van der Waals surface area contributed by atoms with Crippen LogP contribution in [-0.4, -0.2) is 95.1 Å². The molecule has 0 radical (unpaired) electrons. The third-order valence-electron chi connectivity index (χ3n) is 11.0. The number of anilines is 1. The first-order chi connectivity index (χ1) is 35.6. The Balaban J connectivity index is 1.02. The largest absolute Gasteiger partial charge is 0.505 e. The number of phenolic OH excluding ortho intramolecular Hbond substituents is 1. The van der Waals surface area contributed by atoms with Crippen molar-refractivity contribution in [3.05, 3.63) is 115 Å². The van der Waals surface area contributed by atoms with Gasteiger partial charge in [0.1, 0.15) is 27.8 Å². The lowest BCUT2D eigenvalue weighted by Crippen LogP contribution is -2.33. The number of ether oxygens (including phenoxy) is 1. The number of aliphatic carboxylic acids is 1. The summed E-state index contributed by atoms with van der Waals surface area (Å²) in [7, 11) is -12.8. The normalized spacial score (nSPS) is 14.6. The Morgan fingerprint density at radius 3 is 2.00 bits per heavy atom. The molecule has 31 heteroatoms. The fraction of sp³-hybridized carbons (Fsp3) is 0.0455. The smallest absolute Gasteiger partial charge is 0.355 e. The number of H-pyrrole nitrogens is 1. The predicted molar refractivity (Wildman–Crippen MR) is 263 cm³/mol. The fourth-order valence-corrected chi connectivity index (χ4v) is 9.58. The van der Waals surface area contributed by atoms with Crippen LogP contribution in [0.4, 0.5) is 34.1 Å². The van der Waals surface area contributed by atoms with E-state index in [0.717, 1.165) is 47.5 Å². The first kappa shape index (κ1) is 51.4. The number of nitrogens with zero attached hydrogens (tertiary/aromatic N) is 9. The summed E-state index contributed by atoms with van der Waals surface area (Å²) in [5, 5.41) is 64.5. The Labute approximate surface area is 424 Å². The number of aromatic hydroxyl groups is 1. The quantitative estimate of drug-likeness (QED) is 0.0156. The number of carbonyl (C=O) groups excluding carboxylic acids is 1. The van der Waals surface area contributed by atoms with Crippen LogP contribution in [-0.2, 0) is 49.3 Å². The molecule has 7 N–H and O–H groups in total. The predicted octanol–water partition coefficient (Wildman–Crippen LogP) is 9.19. The molecule has 8 aromatic rings. The molecular formula is C44H30N10O17S4. The summed E-state index contributed by atoms with van der Waals surface area (Å²) >= 11 is 0.422. The third-order valence-corrected chi connectivity index (χ3v) is 14.2. The Morgan fingerprint density at radius 2 is 1.35 bits per heavy atom. The van der Waals surface area contributed by atoms with Crippen LogP contribution < -0.4 is 9.75 Å². The number of amides is 1. The van der Waals surface area contributed by atoms with Gasteiger partial charge in [0, 0.05) is 33.2 Å². The van der Waals surface area contributed by atoms with Crippen LogP contribution in [0, 0.1) is 0 Å². The number of hydrazone groups is 1. The molecule has 0 spiro atoms. The molecular weight excluding hydrogens is 1070 g/mol. The fourth-order valence-electron chi connectivity index (χ4n) is 7.46. The lowest BCUT2D eigenvalue weighted by Gasteiger charge is -2.12. The maximum Gasteiger partial charge on any atom is 0.355 e. The van der Waals surface area contributed by atoms with Crippen molar-refractivity contribution in [3.8, 4) is 22.9 Å². The van der Waals surface area contributed by atoms with Crippen molar-refractivity contribution in [3.63, 3.8) is 0 Å². The number of fused-ring (bicyclic) bond motifs is 4. The second-order valence-corrected chi connectivity index (χ2v) is 20.5. The lowest BCUT2D eigenvalue weighted by molar-refractivity contribution is -0.432. The third kappa shape index (κ3) is 10.5. The molecule has 0 saturated heterocycles. The topological polar surface area (TPSA) is 404 Å². The van der Waals surface area contributed by atoms with Gasteiger partial charge in [0.25, 0.3) is 36.3 Å². The average molecular weight is 1100 g/mol. The molecule has 2 heterocycles. The van der Waals surface area contributed by atoms with Gasteiger partial charge in [-0.1, -0.05) is 11.1 Å². The van der Waals surface area contributed by atoms with Crippen molar-refractivity contribution >= 4 is 127 Å². The van der Waals surface area contributed by atoms with Gasteiger partial charge in [0.15, 0.2) is 11.5 Å². The zero-order valence-electron chi connectivity index (χ0n) is 37.4. The number of phenols is 1. The maximum atomic E-state index is 13.2. The van der Waals surface area contributed by atoms with E-state index in [1.165, 1.54) is 61.7 Å². The van der Waals surface area contributed by atoms with E-state index in [9.17, 15) is 58.7 Å². The molecule has 0 bridgehead atoms. The number of carboxylic acids is 1. The summed E-state index contributed by atoms with van der Waals surface area (Å²) in [5.41, 5.74) is 0.410. The molecule has 1 unspecified atom stereocenters. The standard InChI is InChI=1S/C44H30N10O17S4/c1-69-24-8-14-33(36(18-24)75(66,67)68)50-48-31-16-17-32(29-19-26(74(63,64)65)11-12-27(29)31)49-51-38-35(72-71-70-59)20-30-28(41(38)55)13-15-34-37(30)46-42(45-34)21-2-4-22(5-3-21)47-52-39-40(44(57)58)53-54(43(39)56)23-6-9-25(10-7-23)73(60,61)62/h2-20,39,55,59H,1H3,(H,45,46)(H,57,58)(H,60,61,62)(H,63,64,65)(H,66,67,68)/b50-48+,51-49+,52-47+. The number of rotatable bonds is 16. The Hall–Kier alpha value is -8.50. The molecule has 9 rings (SSSR count). The molecule has 0 aliphatic carbocycles. The number of hydrogen-bond acceptors (Lipinski definition) is 22. The van der Waals surface area contributed by atoms with Gasteiger partial charge in [0.05, 0.1) is 67.6 Å². The molecule has 1 aliphatic heterocycles. The van der Waals surface area contributed by atoms with Crippen LogP contribution in [0.3, 0.4) is 0 Å². The summed E-state index contributed by atoms with van der Waals surface area (Å²) in [6.45, 7) is 0. The molecule has 27 nitrogen and oxygen atoms in total. The van der Waals surface area contributed by atoms with Crippen molar-refractivity contribution in [2.75, 3.05) is 12.1 Å². The average Bonchev–Trinajstić information content (AvgIpc) is 3.97. The van der Waals surface area contributed by atoms with Gasteiger partial charge in [-0.15, -0.1) is 24.8 Å². The highest BCUT2D eigenvalue weighted by Gasteiger charge is 2.41. The van der Waals surface area contributed by atoms with Crippen molar-refractivity contribution in [2.45, 2.75) is 25.6 Å². The Morgan fingerprint density at radius 1 is 0.707 bits per heavy atom. The van der Waals surface area contributed by atoms with E-state index in [1.54, 1.807) is 18.2 Å².